The third-order valence-electron chi connectivity index (χ3n) is 2.69. The molecule has 0 aromatic heterocycles. The Morgan fingerprint density at radius 1 is 1.19 bits per heavy atom. The van der Waals surface area contributed by atoms with Crippen molar-refractivity contribution in [3.8, 4) is 0 Å². The second-order valence-electron chi connectivity index (χ2n) is 4.43. The monoisotopic (exact) mass is 304 g/mol. The number of hydrogen-bond acceptors (Lipinski definition) is 6. The minimum atomic E-state index is -1.40. The van der Waals surface area contributed by atoms with E-state index in [4.69, 9.17) is 5.11 Å². The molecule has 0 bridgehead atoms. The summed E-state index contributed by atoms with van der Waals surface area (Å²) in [7, 11) is 3.74. The molecule has 0 aromatic rings. The normalized spacial score (nSPS) is 12.8. The Bertz CT molecular complexity index is 410. The lowest BCUT2D eigenvalue weighted by Gasteiger charge is -2.22. The standard InChI is InChI=1S/C12H20N2O7/c1-7(11(18)21-4)6-14(2)12(19)13-8(10(16)17)5-9(15)20-3/h7-8H,5-6H2,1-4H3,(H,13,19)(H,16,17)/t7?,8-/m0/s1. The molecule has 0 rings (SSSR count). The summed E-state index contributed by atoms with van der Waals surface area (Å²) in [6.45, 7) is 1.61. The number of hydrogen-bond donors (Lipinski definition) is 2. The number of carbonyl (C=O) groups excluding carboxylic acids is 3. The molecule has 0 aliphatic heterocycles. The Hall–Kier alpha value is -2.32. The maximum atomic E-state index is 11.8. The molecule has 2 N–H and O–H groups in total. The number of methoxy groups -OCH3 is 2. The maximum absolute atomic E-state index is 11.8. The van der Waals surface area contributed by atoms with Crippen LogP contribution in [0.2, 0.25) is 0 Å². The molecule has 21 heavy (non-hydrogen) atoms. The fraction of sp³-hybridized carbons (Fsp3) is 0.667. The van der Waals surface area contributed by atoms with E-state index >= 15 is 0 Å². The number of esters is 2. The molecule has 0 aromatic carbocycles. The summed E-state index contributed by atoms with van der Waals surface area (Å²) in [5, 5.41) is 11.1. The average molecular weight is 304 g/mol. The summed E-state index contributed by atoms with van der Waals surface area (Å²) >= 11 is 0. The topological polar surface area (TPSA) is 122 Å². The first-order chi connectivity index (χ1) is 9.72. The van der Waals surface area contributed by atoms with Crippen molar-refractivity contribution in [3.05, 3.63) is 0 Å². The third kappa shape index (κ3) is 6.59. The van der Waals surface area contributed by atoms with Crippen molar-refractivity contribution in [2.24, 2.45) is 5.92 Å². The van der Waals surface area contributed by atoms with Gasteiger partial charge in [0.25, 0.3) is 0 Å². The first kappa shape index (κ1) is 18.7. The van der Waals surface area contributed by atoms with Crippen LogP contribution < -0.4 is 5.32 Å². The largest absolute Gasteiger partial charge is 0.480 e. The van der Waals surface area contributed by atoms with E-state index in [1.165, 1.54) is 14.2 Å². The number of ether oxygens (including phenoxy) is 2. The van der Waals surface area contributed by atoms with E-state index in [0.717, 1.165) is 12.0 Å². The van der Waals surface area contributed by atoms with E-state index in [-0.39, 0.29) is 6.54 Å². The molecule has 0 fully saturated rings. The molecule has 0 spiro atoms. The van der Waals surface area contributed by atoms with Crippen LogP contribution >= 0.6 is 0 Å². The van der Waals surface area contributed by atoms with Crippen molar-refractivity contribution in [1.29, 1.82) is 0 Å². The first-order valence-corrected chi connectivity index (χ1v) is 6.12. The van der Waals surface area contributed by atoms with Gasteiger partial charge in [0.2, 0.25) is 0 Å². The number of carboxylic acids is 1. The molecule has 0 saturated heterocycles. The molecule has 0 aliphatic carbocycles. The number of urea groups is 1. The SMILES string of the molecule is COC(=O)C[C@H](NC(=O)N(C)CC(C)C(=O)OC)C(=O)O. The van der Waals surface area contributed by atoms with E-state index in [1.54, 1.807) is 6.92 Å². The van der Waals surface area contributed by atoms with Crippen molar-refractivity contribution in [2.75, 3.05) is 27.8 Å². The van der Waals surface area contributed by atoms with Crippen molar-refractivity contribution in [3.63, 3.8) is 0 Å². The summed E-state index contributed by atoms with van der Waals surface area (Å²) in [5.41, 5.74) is 0. The fourth-order valence-electron chi connectivity index (χ4n) is 1.48. The Balaban J connectivity index is 4.57. The molecule has 1 unspecified atom stereocenters. The van der Waals surface area contributed by atoms with E-state index in [1.807, 2.05) is 0 Å². The van der Waals surface area contributed by atoms with Crippen LogP contribution in [0.1, 0.15) is 13.3 Å². The summed E-state index contributed by atoms with van der Waals surface area (Å²) in [4.78, 5) is 46.2. The van der Waals surface area contributed by atoms with Gasteiger partial charge in [-0.15, -0.1) is 0 Å². The molecule has 120 valence electrons. The lowest BCUT2D eigenvalue weighted by atomic mass is 10.2. The van der Waals surface area contributed by atoms with Crippen molar-refractivity contribution >= 4 is 23.9 Å². The van der Waals surface area contributed by atoms with Gasteiger partial charge in [0.15, 0.2) is 0 Å². The molecule has 2 amide bonds. The number of carbonyl (C=O) groups is 4. The lowest BCUT2D eigenvalue weighted by molar-refractivity contribution is -0.147. The molecule has 9 heteroatoms. The quantitative estimate of drug-likeness (QED) is 0.605. The molecular weight excluding hydrogens is 284 g/mol. The number of amides is 2. The molecule has 0 saturated carbocycles. The minimum absolute atomic E-state index is 0.0447. The van der Waals surface area contributed by atoms with E-state index in [9.17, 15) is 19.2 Å². The number of nitrogens with one attached hydrogen (secondary N) is 1. The van der Waals surface area contributed by atoms with E-state index in [2.05, 4.69) is 14.8 Å². The van der Waals surface area contributed by atoms with Crippen LogP contribution in [0.25, 0.3) is 0 Å². The number of aliphatic carboxylic acids is 1. The molecular formula is C12H20N2O7. The van der Waals surface area contributed by atoms with Gasteiger partial charge in [-0.05, 0) is 0 Å². The van der Waals surface area contributed by atoms with Crippen molar-refractivity contribution < 1.29 is 33.8 Å². The molecule has 2 atom stereocenters. The van der Waals surface area contributed by atoms with Crippen LogP contribution in [-0.2, 0) is 23.9 Å². The molecule has 0 radical (unpaired) electrons. The highest BCUT2D eigenvalue weighted by Crippen LogP contribution is 2.02. The Morgan fingerprint density at radius 2 is 1.76 bits per heavy atom. The van der Waals surface area contributed by atoms with Gasteiger partial charge in [0.1, 0.15) is 6.04 Å². The number of carboxylic acid groups (broad SMARTS) is 1. The molecule has 9 nitrogen and oxygen atoms in total. The Labute approximate surface area is 122 Å². The van der Waals surface area contributed by atoms with Gasteiger partial charge in [-0.1, -0.05) is 6.92 Å². The van der Waals surface area contributed by atoms with Gasteiger partial charge in [-0.25, -0.2) is 9.59 Å². The van der Waals surface area contributed by atoms with Gasteiger partial charge >= 0.3 is 23.9 Å². The zero-order chi connectivity index (χ0) is 16.6. The molecule has 0 heterocycles. The highest BCUT2D eigenvalue weighted by atomic mass is 16.5. The van der Waals surface area contributed by atoms with E-state index in [0.29, 0.717) is 0 Å². The van der Waals surface area contributed by atoms with Crippen LogP contribution in [0.15, 0.2) is 0 Å². The lowest BCUT2D eigenvalue weighted by Crippen LogP contribution is -2.49. The van der Waals surface area contributed by atoms with Gasteiger partial charge < -0.3 is 24.8 Å². The van der Waals surface area contributed by atoms with Gasteiger partial charge in [0.05, 0.1) is 26.6 Å². The summed E-state index contributed by atoms with van der Waals surface area (Å²) in [5.74, 6) is -3.16. The van der Waals surface area contributed by atoms with Crippen LogP contribution in [0.3, 0.4) is 0 Å². The van der Waals surface area contributed by atoms with Crippen LogP contribution in [-0.4, -0.2) is 67.8 Å². The predicted octanol–water partition coefficient (Wildman–Crippen LogP) is -0.547. The van der Waals surface area contributed by atoms with Gasteiger partial charge in [-0.3, -0.25) is 9.59 Å². The smallest absolute Gasteiger partial charge is 0.326 e. The summed E-state index contributed by atoms with van der Waals surface area (Å²) in [6, 6.07) is -2.12. The van der Waals surface area contributed by atoms with E-state index < -0.39 is 42.3 Å². The number of nitrogens with zero attached hydrogens (tertiary/aromatic N) is 1. The Kier molecular flexibility index (Phi) is 7.80. The highest BCUT2D eigenvalue weighted by Gasteiger charge is 2.26. The average Bonchev–Trinajstić information content (AvgIpc) is 2.44. The fourth-order valence-corrected chi connectivity index (χ4v) is 1.48. The van der Waals surface area contributed by atoms with Gasteiger partial charge in [0, 0.05) is 13.6 Å². The second kappa shape index (κ2) is 8.77. The molecule has 0 aliphatic rings. The highest BCUT2D eigenvalue weighted by molar-refractivity contribution is 5.86. The first-order valence-electron chi connectivity index (χ1n) is 6.12. The number of rotatable bonds is 7. The van der Waals surface area contributed by atoms with Crippen molar-refractivity contribution in [2.45, 2.75) is 19.4 Å². The summed E-state index contributed by atoms with van der Waals surface area (Å²) < 4.78 is 8.88. The minimum Gasteiger partial charge on any atom is -0.480 e. The van der Waals surface area contributed by atoms with Crippen LogP contribution in [0, 0.1) is 5.92 Å². The maximum Gasteiger partial charge on any atom is 0.326 e. The van der Waals surface area contributed by atoms with Crippen molar-refractivity contribution in [1.82, 2.24) is 10.2 Å². The third-order valence-corrected chi connectivity index (χ3v) is 2.69. The van der Waals surface area contributed by atoms with Crippen LogP contribution in [0.5, 0.6) is 0 Å². The Morgan fingerprint density at radius 3 is 2.19 bits per heavy atom. The zero-order valence-corrected chi connectivity index (χ0v) is 12.4. The predicted molar refractivity (Wildman–Crippen MR) is 70.4 cm³/mol. The van der Waals surface area contributed by atoms with Gasteiger partial charge in [-0.2, -0.15) is 0 Å². The van der Waals surface area contributed by atoms with Crippen LogP contribution in [0.4, 0.5) is 4.79 Å². The summed E-state index contributed by atoms with van der Waals surface area (Å²) in [6.07, 6.45) is -0.488. The zero-order valence-electron chi connectivity index (χ0n) is 12.4. The second-order valence-corrected chi connectivity index (χ2v) is 4.43.